The standard InChI is InChI=1S/C26H42N5O18P/c1-44-6-7-45-5-3-28-17(36)8-18(37)30-19-13(34)9-26(12-33,48-23(19)20(38)14(35)10-32)49-50(42,43)46-11-15-21(39)22(40)24(47-15)31-4-2-16(27)29-25(31)41/h2,4,12-15,19-24,32,34-35,38-40H,3,5-11H2,1H3,(H,28,36)(H,30,37)(H,42,43)(H2,27,29,41)/t13-,14-,15?,19-,20-,21-,22-,23?,24?,26?/m1/s1. The summed E-state index contributed by atoms with van der Waals surface area (Å²) in [5.41, 5.74) is 4.50. The Labute approximate surface area is 283 Å². The quantitative estimate of drug-likeness (QED) is 0.0273. The predicted molar refractivity (Wildman–Crippen MR) is 161 cm³/mol. The van der Waals surface area contributed by atoms with Crippen molar-refractivity contribution in [3.05, 3.63) is 22.7 Å². The number of methoxy groups -OCH3 is 1. The van der Waals surface area contributed by atoms with Crippen LogP contribution in [-0.2, 0) is 46.9 Å². The van der Waals surface area contributed by atoms with Crippen LogP contribution in [0.4, 0.5) is 5.82 Å². The Balaban J connectivity index is 1.67. The molecule has 3 heterocycles. The lowest BCUT2D eigenvalue weighted by Crippen LogP contribution is -2.66. The van der Waals surface area contributed by atoms with E-state index in [1.165, 1.54) is 13.2 Å². The summed E-state index contributed by atoms with van der Waals surface area (Å²) in [6.45, 7) is -1.28. The molecule has 2 saturated heterocycles. The highest BCUT2D eigenvalue weighted by Crippen LogP contribution is 2.50. The van der Waals surface area contributed by atoms with Crippen molar-refractivity contribution in [3.63, 3.8) is 0 Å². The van der Waals surface area contributed by atoms with Crippen LogP contribution in [0.5, 0.6) is 0 Å². The van der Waals surface area contributed by atoms with Gasteiger partial charge in [0.05, 0.1) is 45.2 Å². The number of aromatic nitrogens is 2. The molecule has 23 nitrogen and oxygen atoms in total. The number of hydrogen-bond acceptors (Lipinski definition) is 19. The van der Waals surface area contributed by atoms with Gasteiger partial charge in [-0.05, 0) is 6.07 Å². The molecule has 0 aliphatic carbocycles. The number of nitrogen functional groups attached to an aromatic ring is 1. The largest absolute Gasteiger partial charge is 0.475 e. The van der Waals surface area contributed by atoms with Gasteiger partial charge in [-0.3, -0.25) is 23.5 Å². The zero-order valence-electron chi connectivity index (χ0n) is 26.6. The van der Waals surface area contributed by atoms with Gasteiger partial charge in [-0.15, -0.1) is 0 Å². The van der Waals surface area contributed by atoms with E-state index in [-0.39, 0.29) is 31.9 Å². The molecular weight excluding hydrogens is 701 g/mol. The minimum atomic E-state index is -5.44. The molecule has 2 fully saturated rings. The minimum Gasteiger partial charge on any atom is -0.394 e. The molecule has 5 unspecified atom stereocenters. The first-order valence-electron chi connectivity index (χ1n) is 15.0. The summed E-state index contributed by atoms with van der Waals surface area (Å²) in [6, 6.07) is -0.465. The fourth-order valence-corrected chi connectivity index (χ4v) is 5.93. The second-order valence-corrected chi connectivity index (χ2v) is 12.6. The zero-order valence-corrected chi connectivity index (χ0v) is 27.5. The topological polar surface area (TPSA) is 350 Å². The maximum Gasteiger partial charge on any atom is 0.475 e. The molecule has 50 heavy (non-hydrogen) atoms. The number of aliphatic hydroxyl groups excluding tert-OH is 6. The zero-order chi connectivity index (χ0) is 37.2. The Bertz CT molecular complexity index is 1410. The van der Waals surface area contributed by atoms with E-state index < -0.39 is 112 Å². The first-order valence-corrected chi connectivity index (χ1v) is 16.5. The number of carbonyl (C=O) groups is 3. The number of aliphatic hydroxyl groups is 6. The van der Waals surface area contributed by atoms with Crippen molar-refractivity contribution >= 4 is 31.7 Å². The smallest absolute Gasteiger partial charge is 0.394 e. The Kier molecular flexibility index (Phi) is 15.3. The molecule has 0 spiro atoms. The van der Waals surface area contributed by atoms with E-state index in [9.17, 15) is 59.3 Å². The van der Waals surface area contributed by atoms with Gasteiger partial charge in [-0.2, -0.15) is 4.98 Å². The summed E-state index contributed by atoms with van der Waals surface area (Å²) in [7, 11) is -3.96. The summed E-state index contributed by atoms with van der Waals surface area (Å²) in [5, 5.41) is 66.5. The van der Waals surface area contributed by atoms with Gasteiger partial charge in [0.1, 0.15) is 48.9 Å². The lowest BCUT2D eigenvalue weighted by Gasteiger charge is -2.46. The van der Waals surface area contributed by atoms with Crippen molar-refractivity contribution < 1.29 is 82.5 Å². The van der Waals surface area contributed by atoms with Crippen molar-refractivity contribution in [1.29, 1.82) is 0 Å². The van der Waals surface area contributed by atoms with E-state index in [4.69, 9.17) is 33.7 Å². The molecule has 0 radical (unpaired) electrons. The summed E-state index contributed by atoms with van der Waals surface area (Å²) in [5.74, 6) is -4.78. The molecule has 284 valence electrons. The number of nitrogens with one attached hydrogen (secondary N) is 2. The maximum absolute atomic E-state index is 13.0. The van der Waals surface area contributed by atoms with Crippen LogP contribution < -0.4 is 22.1 Å². The molecule has 24 heteroatoms. The van der Waals surface area contributed by atoms with Crippen LogP contribution in [0.3, 0.4) is 0 Å². The number of nitrogens with zero attached hydrogens (tertiary/aromatic N) is 2. The van der Waals surface area contributed by atoms with Gasteiger partial charge in [0.2, 0.25) is 17.6 Å². The van der Waals surface area contributed by atoms with Gasteiger partial charge in [-0.25, -0.2) is 13.9 Å². The van der Waals surface area contributed by atoms with E-state index in [0.717, 1.165) is 10.8 Å². The fraction of sp³-hybridized carbons (Fsp3) is 0.731. The Morgan fingerprint density at radius 1 is 1.22 bits per heavy atom. The number of anilines is 1. The highest BCUT2D eigenvalue weighted by atomic mass is 31.2. The number of phosphoric ester groups is 1. The van der Waals surface area contributed by atoms with Crippen LogP contribution in [0, 0.1) is 0 Å². The first kappa shape index (κ1) is 41.4. The molecular formula is C26H42N5O18P. The second-order valence-electron chi connectivity index (χ2n) is 11.2. The van der Waals surface area contributed by atoms with Crippen LogP contribution in [0.2, 0.25) is 0 Å². The number of aldehydes is 1. The Morgan fingerprint density at radius 2 is 1.94 bits per heavy atom. The van der Waals surface area contributed by atoms with E-state index in [2.05, 4.69) is 15.6 Å². The number of nitrogens with two attached hydrogens (primary N) is 1. The fourth-order valence-electron chi connectivity index (χ4n) is 4.99. The molecule has 1 aromatic rings. The van der Waals surface area contributed by atoms with E-state index >= 15 is 0 Å². The van der Waals surface area contributed by atoms with Gasteiger partial charge >= 0.3 is 13.5 Å². The lowest BCUT2D eigenvalue weighted by molar-refractivity contribution is -0.274. The van der Waals surface area contributed by atoms with Crippen molar-refractivity contribution in [1.82, 2.24) is 20.2 Å². The van der Waals surface area contributed by atoms with Gasteiger partial charge < -0.3 is 70.8 Å². The lowest BCUT2D eigenvalue weighted by atomic mass is 9.89. The number of amides is 2. The summed E-state index contributed by atoms with van der Waals surface area (Å²) in [4.78, 5) is 63.2. The third-order valence-electron chi connectivity index (χ3n) is 7.48. The third kappa shape index (κ3) is 11.0. The van der Waals surface area contributed by atoms with Gasteiger partial charge in [0.25, 0.3) is 0 Å². The highest BCUT2D eigenvalue weighted by molar-refractivity contribution is 7.47. The molecule has 0 bridgehead atoms. The van der Waals surface area contributed by atoms with E-state index in [1.807, 2.05) is 0 Å². The van der Waals surface area contributed by atoms with Crippen molar-refractivity contribution in [2.45, 2.75) is 73.6 Å². The van der Waals surface area contributed by atoms with E-state index in [1.54, 1.807) is 0 Å². The number of carbonyl (C=O) groups excluding carboxylic acids is 3. The van der Waals surface area contributed by atoms with Gasteiger partial charge in [0.15, 0.2) is 12.5 Å². The summed E-state index contributed by atoms with van der Waals surface area (Å²) < 4.78 is 44.5. The van der Waals surface area contributed by atoms with Crippen LogP contribution in [0.1, 0.15) is 19.1 Å². The van der Waals surface area contributed by atoms with Crippen molar-refractivity contribution in [2.24, 2.45) is 0 Å². The SMILES string of the molecule is COCCOCCNC(=O)CC(=O)N[C@H]1C([C@H](O)[C@H](O)CO)OC(C=O)(OP(=O)(O)OCC2OC(n3ccc(N)nc3=O)[C@H](O)[C@@H]2O)C[C@H]1O. The van der Waals surface area contributed by atoms with E-state index in [0.29, 0.717) is 6.61 Å². The highest BCUT2D eigenvalue weighted by Gasteiger charge is 2.55. The average molecular weight is 744 g/mol. The number of ether oxygens (including phenoxy) is 4. The first-order chi connectivity index (χ1) is 23.6. The average Bonchev–Trinajstić information content (AvgIpc) is 3.34. The minimum absolute atomic E-state index is 0.0462. The second kappa shape index (κ2) is 18.5. The van der Waals surface area contributed by atoms with Crippen LogP contribution in [-0.4, -0.2) is 164 Å². The molecule has 2 aliphatic heterocycles. The van der Waals surface area contributed by atoms with Crippen LogP contribution in [0.15, 0.2) is 17.1 Å². The predicted octanol–water partition coefficient (Wildman–Crippen LogP) is -6.01. The number of rotatable bonds is 19. The number of phosphoric acid groups is 1. The normalized spacial score (nSPS) is 30.6. The van der Waals surface area contributed by atoms with Gasteiger partial charge in [-0.1, -0.05) is 0 Å². The molecule has 1 aromatic heterocycles. The maximum atomic E-state index is 13.0. The van der Waals surface area contributed by atoms with Crippen LogP contribution in [0.25, 0.3) is 0 Å². The monoisotopic (exact) mass is 743 g/mol. The molecule has 0 saturated carbocycles. The molecule has 3 rings (SSSR count). The third-order valence-corrected chi connectivity index (χ3v) is 8.49. The summed E-state index contributed by atoms with van der Waals surface area (Å²) >= 11 is 0. The molecule has 11 N–H and O–H groups in total. The molecule has 2 aliphatic rings. The van der Waals surface area contributed by atoms with Crippen molar-refractivity contribution in [3.8, 4) is 0 Å². The molecule has 11 atom stereocenters. The van der Waals surface area contributed by atoms with Crippen molar-refractivity contribution in [2.75, 3.05) is 52.4 Å². The Morgan fingerprint density at radius 3 is 2.58 bits per heavy atom. The molecule has 2 amide bonds. The van der Waals surface area contributed by atoms with Gasteiger partial charge in [0, 0.05) is 26.3 Å². The number of hydrogen-bond donors (Lipinski definition) is 10. The summed E-state index contributed by atoms with van der Waals surface area (Å²) in [6.07, 6.45) is -15.5. The Hall–Kier alpha value is -3.00. The molecule has 0 aromatic carbocycles. The van der Waals surface area contributed by atoms with Crippen LogP contribution >= 0.6 is 7.82 Å².